The molecule has 1 aliphatic carbocycles. The van der Waals surface area contributed by atoms with Crippen LogP contribution >= 0.6 is 15.9 Å². The fourth-order valence-corrected chi connectivity index (χ4v) is 3.86. The molecule has 1 nitrogen and oxygen atoms in total. The van der Waals surface area contributed by atoms with E-state index in [1.165, 1.54) is 22.9 Å². The molecule has 0 atom stereocenters. The van der Waals surface area contributed by atoms with E-state index < -0.39 is 0 Å². The van der Waals surface area contributed by atoms with Gasteiger partial charge in [0.15, 0.2) is 0 Å². The summed E-state index contributed by atoms with van der Waals surface area (Å²) in [6.45, 7) is 12.5. The lowest BCUT2D eigenvalue weighted by atomic mass is 9.52. The van der Waals surface area contributed by atoms with Crippen molar-refractivity contribution in [2.45, 2.75) is 58.4 Å². The second-order valence-corrected chi connectivity index (χ2v) is 8.83. The molecule has 0 heterocycles. The molecule has 2 heteroatoms. The number of hydrogen-bond acceptors (Lipinski definition) is 1. The van der Waals surface area contributed by atoms with Crippen LogP contribution in [0.4, 0.5) is 0 Å². The van der Waals surface area contributed by atoms with Gasteiger partial charge in [0.1, 0.15) is 0 Å². The Bertz CT molecular complexity index is 449. The molecule has 0 radical (unpaired) electrons. The summed E-state index contributed by atoms with van der Waals surface area (Å²) in [7, 11) is 0. The van der Waals surface area contributed by atoms with Crippen LogP contribution < -0.4 is 5.32 Å². The highest BCUT2D eigenvalue weighted by molar-refractivity contribution is 9.10. The average Bonchev–Trinajstić information content (AvgIpc) is 2.22. The Morgan fingerprint density at radius 3 is 2.32 bits per heavy atom. The second-order valence-electron chi connectivity index (χ2n) is 7.91. The third kappa shape index (κ3) is 3.61. The van der Waals surface area contributed by atoms with Crippen LogP contribution in [-0.4, -0.2) is 12.1 Å². The van der Waals surface area contributed by atoms with Gasteiger partial charge in [0, 0.05) is 22.0 Å². The van der Waals surface area contributed by atoms with Gasteiger partial charge in [-0.15, -0.1) is 0 Å². The predicted molar refractivity (Wildman–Crippen MR) is 86.6 cm³/mol. The van der Waals surface area contributed by atoms with E-state index in [1.807, 2.05) is 0 Å². The highest BCUT2D eigenvalue weighted by Gasteiger charge is 2.50. The minimum absolute atomic E-state index is 0.179. The zero-order chi connectivity index (χ0) is 14.3. The van der Waals surface area contributed by atoms with Gasteiger partial charge in [0.05, 0.1) is 0 Å². The fraction of sp³-hybridized carbons (Fsp3) is 0.647. The third-order valence-corrected chi connectivity index (χ3v) is 4.52. The Balaban J connectivity index is 2.22. The standard InChI is InChI=1S/C17H26BrN/c1-15(2,3)19-12-17(10-16(4,5)11-17)13-7-6-8-14(18)9-13/h6-9,19H,10-12H2,1-5H3. The van der Waals surface area contributed by atoms with Crippen LogP contribution in [0.5, 0.6) is 0 Å². The van der Waals surface area contributed by atoms with Crippen LogP contribution in [0, 0.1) is 5.41 Å². The number of rotatable bonds is 3. The van der Waals surface area contributed by atoms with E-state index in [0.29, 0.717) is 10.8 Å². The van der Waals surface area contributed by atoms with E-state index in [2.05, 4.69) is 80.1 Å². The van der Waals surface area contributed by atoms with Crippen LogP contribution in [0.2, 0.25) is 0 Å². The van der Waals surface area contributed by atoms with Gasteiger partial charge >= 0.3 is 0 Å². The maximum Gasteiger partial charge on any atom is 0.0178 e. The number of halogens is 1. The first-order valence-electron chi connectivity index (χ1n) is 7.13. The van der Waals surface area contributed by atoms with E-state index in [1.54, 1.807) is 0 Å². The molecule has 0 aliphatic heterocycles. The van der Waals surface area contributed by atoms with Crippen LogP contribution in [0.1, 0.15) is 53.0 Å². The summed E-state index contributed by atoms with van der Waals surface area (Å²) in [5, 5.41) is 3.71. The van der Waals surface area contributed by atoms with Crippen molar-refractivity contribution in [2.24, 2.45) is 5.41 Å². The molecule has 0 bridgehead atoms. The van der Waals surface area contributed by atoms with Gasteiger partial charge in [-0.05, 0) is 56.7 Å². The molecular weight excluding hydrogens is 298 g/mol. The lowest BCUT2D eigenvalue weighted by Crippen LogP contribution is -2.55. The van der Waals surface area contributed by atoms with Crippen LogP contribution in [-0.2, 0) is 5.41 Å². The molecule has 1 aliphatic rings. The minimum Gasteiger partial charge on any atom is -0.311 e. The summed E-state index contributed by atoms with van der Waals surface area (Å²) in [4.78, 5) is 0. The first-order valence-corrected chi connectivity index (χ1v) is 7.92. The second kappa shape index (κ2) is 4.89. The molecule has 19 heavy (non-hydrogen) atoms. The van der Waals surface area contributed by atoms with Gasteiger partial charge < -0.3 is 5.32 Å². The van der Waals surface area contributed by atoms with Gasteiger partial charge in [0.25, 0.3) is 0 Å². The largest absolute Gasteiger partial charge is 0.311 e. The maximum atomic E-state index is 3.71. The highest BCUT2D eigenvalue weighted by Crippen LogP contribution is 2.55. The molecule has 0 amide bonds. The molecule has 0 saturated heterocycles. The van der Waals surface area contributed by atoms with Crippen molar-refractivity contribution in [3.05, 3.63) is 34.3 Å². The molecule has 1 aromatic carbocycles. The Morgan fingerprint density at radius 1 is 1.21 bits per heavy atom. The van der Waals surface area contributed by atoms with Gasteiger partial charge in [-0.25, -0.2) is 0 Å². The van der Waals surface area contributed by atoms with Crippen molar-refractivity contribution in [1.82, 2.24) is 5.32 Å². The van der Waals surface area contributed by atoms with Crippen molar-refractivity contribution in [2.75, 3.05) is 6.54 Å². The molecule has 0 unspecified atom stereocenters. The predicted octanol–water partition coefficient (Wildman–Crippen LogP) is 4.90. The van der Waals surface area contributed by atoms with E-state index in [9.17, 15) is 0 Å². The molecule has 0 aromatic heterocycles. The Morgan fingerprint density at radius 2 is 1.84 bits per heavy atom. The quantitative estimate of drug-likeness (QED) is 0.834. The number of nitrogens with one attached hydrogen (secondary N) is 1. The number of benzene rings is 1. The third-order valence-electron chi connectivity index (χ3n) is 4.03. The zero-order valence-corrected chi connectivity index (χ0v) is 14.4. The summed E-state index contributed by atoms with van der Waals surface area (Å²) < 4.78 is 1.19. The summed E-state index contributed by atoms with van der Waals surface area (Å²) in [6, 6.07) is 8.84. The molecule has 0 spiro atoms. The van der Waals surface area contributed by atoms with E-state index in [0.717, 1.165) is 6.54 Å². The summed E-state index contributed by atoms with van der Waals surface area (Å²) in [5.41, 5.74) is 2.43. The van der Waals surface area contributed by atoms with E-state index in [-0.39, 0.29) is 5.54 Å². The van der Waals surface area contributed by atoms with Crippen LogP contribution in [0.25, 0.3) is 0 Å². The average molecular weight is 324 g/mol. The minimum atomic E-state index is 0.179. The topological polar surface area (TPSA) is 12.0 Å². The van der Waals surface area contributed by atoms with Gasteiger partial charge in [-0.1, -0.05) is 41.9 Å². The lowest BCUT2D eigenvalue weighted by Gasteiger charge is -2.55. The molecule has 1 aromatic rings. The molecular formula is C17H26BrN. The van der Waals surface area contributed by atoms with Crippen molar-refractivity contribution in [3.63, 3.8) is 0 Å². The molecule has 1 saturated carbocycles. The lowest BCUT2D eigenvalue weighted by molar-refractivity contribution is 0.0512. The summed E-state index contributed by atoms with van der Waals surface area (Å²) in [6.07, 6.45) is 2.53. The SMILES string of the molecule is CC1(C)CC(CNC(C)(C)C)(c2cccc(Br)c2)C1. The Hall–Kier alpha value is -0.340. The van der Waals surface area contributed by atoms with E-state index in [4.69, 9.17) is 0 Å². The number of hydrogen-bond donors (Lipinski definition) is 1. The first-order chi connectivity index (χ1) is 8.62. The van der Waals surface area contributed by atoms with Crippen molar-refractivity contribution >= 4 is 15.9 Å². The molecule has 106 valence electrons. The van der Waals surface area contributed by atoms with Crippen molar-refractivity contribution < 1.29 is 0 Å². The Kier molecular flexibility index (Phi) is 3.88. The normalized spacial score (nSPS) is 20.9. The fourth-order valence-electron chi connectivity index (χ4n) is 3.46. The van der Waals surface area contributed by atoms with Gasteiger partial charge in [-0.2, -0.15) is 0 Å². The monoisotopic (exact) mass is 323 g/mol. The molecule has 1 N–H and O–H groups in total. The summed E-state index contributed by atoms with van der Waals surface area (Å²) >= 11 is 3.61. The maximum absolute atomic E-state index is 3.71. The van der Waals surface area contributed by atoms with Crippen molar-refractivity contribution in [3.8, 4) is 0 Å². The molecule has 2 rings (SSSR count). The van der Waals surface area contributed by atoms with E-state index >= 15 is 0 Å². The summed E-state index contributed by atoms with van der Waals surface area (Å²) in [5.74, 6) is 0. The van der Waals surface area contributed by atoms with Crippen LogP contribution in [0.15, 0.2) is 28.7 Å². The zero-order valence-electron chi connectivity index (χ0n) is 12.8. The van der Waals surface area contributed by atoms with Crippen LogP contribution in [0.3, 0.4) is 0 Å². The smallest absolute Gasteiger partial charge is 0.0178 e. The van der Waals surface area contributed by atoms with Gasteiger partial charge in [-0.3, -0.25) is 0 Å². The highest BCUT2D eigenvalue weighted by atomic mass is 79.9. The first kappa shape index (κ1) is 15.1. The Labute approximate surface area is 126 Å². The molecule has 1 fully saturated rings. The van der Waals surface area contributed by atoms with Gasteiger partial charge in [0.2, 0.25) is 0 Å². The van der Waals surface area contributed by atoms with Crippen molar-refractivity contribution in [1.29, 1.82) is 0 Å².